The first kappa shape index (κ1) is 12.8. The number of carbonyl (C=O) groups is 1. The maximum Gasteiger partial charge on any atom is 0.335 e. The van der Waals surface area contributed by atoms with Crippen molar-refractivity contribution in [3.8, 4) is 0 Å². The second-order valence-electron chi connectivity index (χ2n) is 3.45. The highest BCUT2D eigenvalue weighted by molar-refractivity contribution is 5.73. The van der Waals surface area contributed by atoms with Crippen molar-refractivity contribution in [2.45, 2.75) is 24.6 Å². The molecule has 1 saturated heterocycles. The van der Waals surface area contributed by atoms with Crippen LogP contribution in [0.1, 0.15) is 0 Å². The molecule has 0 aromatic rings. The molecular formula is C7H11NO8. The molecule has 4 unspecified atom stereocenters. The summed E-state index contributed by atoms with van der Waals surface area (Å²) in [7, 11) is 0. The van der Waals surface area contributed by atoms with Crippen LogP contribution in [-0.4, -0.2) is 62.5 Å². The van der Waals surface area contributed by atoms with E-state index >= 15 is 0 Å². The van der Waals surface area contributed by atoms with Gasteiger partial charge in [-0.15, -0.1) is 0 Å². The van der Waals surface area contributed by atoms with Crippen molar-refractivity contribution < 1.29 is 34.9 Å². The average Bonchev–Trinajstić information content (AvgIpc) is 2.17. The molecule has 0 spiro atoms. The van der Waals surface area contributed by atoms with Gasteiger partial charge in [-0.3, -0.25) is 10.1 Å². The largest absolute Gasteiger partial charge is 0.479 e. The first-order valence-electron chi connectivity index (χ1n) is 4.39. The Labute approximate surface area is 89.0 Å². The summed E-state index contributed by atoms with van der Waals surface area (Å²) in [5.74, 6) is -2.95. The first-order valence-corrected chi connectivity index (χ1v) is 4.39. The third kappa shape index (κ3) is 2.44. The molecule has 1 rings (SSSR count). The Morgan fingerprint density at radius 2 is 1.88 bits per heavy atom. The summed E-state index contributed by atoms with van der Waals surface area (Å²) in [6, 6.07) is 0. The molecule has 1 aliphatic heterocycles. The number of aliphatic hydroxyl groups is 3. The highest BCUT2D eigenvalue weighted by Gasteiger charge is 2.49. The number of aliphatic carboxylic acids is 1. The van der Waals surface area contributed by atoms with Crippen LogP contribution in [0.2, 0.25) is 0 Å². The lowest BCUT2D eigenvalue weighted by atomic mass is 9.89. The van der Waals surface area contributed by atoms with E-state index in [9.17, 15) is 25.1 Å². The third-order valence-electron chi connectivity index (χ3n) is 2.37. The SMILES string of the molecule is O=C(O)C1O[C@H](O)C(O)C(C[N+](=O)[O-])C1O. The molecule has 9 nitrogen and oxygen atoms in total. The van der Waals surface area contributed by atoms with Gasteiger partial charge in [-0.05, 0) is 0 Å². The van der Waals surface area contributed by atoms with E-state index in [1.807, 2.05) is 0 Å². The number of carboxylic acids is 1. The van der Waals surface area contributed by atoms with Gasteiger partial charge in [0.15, 0.2) is 12.4 Å². The molecule has 0 amide bonds. The summed E-state index contributed by atoms with van der Waals surface area (Å²) < 4.78 is 4.42. The van der Waals surface area contributed by atoms with Gasteiger partial charge in [-0.1, -0.05) is 0 Å². The zero-order chi connectivity index (χ0) is 12.5. The normalized spacial score (nSPS) is 39.3. The number of aliphatic hydroxyl groups excluding tert-OH is 3. The highest BCUT2D eigenvalue weighted by Crippen LogP contribution is 2.25. The number of hydrogen-bond donors (Lipinski definition) is 4. The van der Waals surface area contributed by atoms with E-state index in [1.165, 1.54) is 0 Å². The number of hydrogen-bond acceptors (Lipinski definition) is 7. The van der Waals surface area contributed by atoms with Crippen molar-refractivity contribution in [1.29, 1.82) is 0 Å². The van der Waals surface area contributed by atoms with Gasteiger partial charge < -0.3 is 25.2 Å². The lowest BCUT2D eigenvalue weighted by Crippen LogP contribution is -2.58. The predicted octanol–water partition coefficient (Wildman–Crippen LogP) is -2.60. The fraction of sp³-hybridized carbons (Fsp3) is 0.857. The molecular weight excluding hydrogens is 226 g/mol. The third-order valence-corrected chi connectivity index (χ3v) is 2.37. The molecule has 92 valence electrons. The number of rotatable bonds is 3. The number of carboxylic acid groups (broad SMARTS) is 1. The fourth-order valence-electron chi connectivity index (χ4n) is 1.54. The molecule has 0 aliphatic carbocycles. The minimum absolute atomic E-state index is 0.811. The fourth-order valence-corrected chi connectivity index (χ4v) is 1.54. The Kier molecular flexibility index (Phi) is 3.75. The Morgan fingerprint density at radius 3 is 2.31 bits per heavy atom. The summed E-state index contributed by atoms with van der Waals surface area (Å²) in [6.07, 6.45) is -7.10. The molecule has 4 N–H and O–H groups in total. The summed E-state index contributed by atoms with van der Waals surface area (Å²) in [4.78, 5) is 20.0. The molecule has 1 aliphatic rings. The zero-order valence-corrected chi connectivity index (χ0v) is 7.96. The van der Waals surface area contributed by atoms with Crippen LogP contribution in [0.25, 0.3) is 0 Å². The number of nitro groups is 1. The Morgan fingerprint density at radius 1 is 1.31 bits per heavy atom. The Bertz CT molecular complexity index is 294. The molecule has 9 heteroatoms. The maximum absolute atomic E-state index is 10.6. The van der Waals surface area contributed by atoms with E-state index in [4.69, 9.17) is 10.2 Å². The van der Waals surface area contributed by atoms with Crippen LogP contribution < -0.4 is 0 Å². The van der Waals surface area contributed by atoms with Crippen molar-refractivity contribution >= 4 is 5.97 Å². The van der Waals surface area contributed by atoms with E-state index in [1.54, 1.807) is 0 Å². The number of nitrogens with zero attached hydrogens (tertiary/aromatic N) is 1. The summed E-state index contributed by atoms with van der Waals surface area (Å²) >= 11 is 0. The first-order chi connectivity index (χ1) is 7.34. The zero-order valence-electron chi connectivity index (χ0n) is 7.96. The average molecular weight is 237 g/mol. The van der Waals surface area contributed by atoms with Crippen LogP contribution in [0.4, 0.5) is 0 Å². The molecule has 0 saturated carbocycles. The van der Waals surface area contributed by atoms with E-state index in [0.29, 0.717) is 0 Å². The van der Waals surface area contributed by atoms with Gasteiger partial charge in [0.1, 0.15) is 12.2 Å². The van der Waals surface area contributed by atoms with Crippen molar-refractivity contribution in [2.24, 2.45) is 5.92 Å². The lowest BCUT2D eigenvalue weighted by molar-refractivity contribution is -0.498. The van der Waals surface area contributed by atoms with Crippen molar-refractivity contribution in [2.75, 3.05) is 6.54 Å². The van der Waals surface area contributed by atoms with Gasteiger partial charge in [-0.2, -0.15) is 0 Å². The van der Waals surface area contributed by atoms with Gasteiger partial charge in [0.25, 0.3) is 0 Å². The Hall–Kier alpha value is -1.29. The van der Waals surface area contributed by atoms with Crippen molar-refractivity contribution in [1.82, 2.24) is 0 Å². The van der Waals surface area contributed by atoms with Crippen LogP contribution >= 0.6 is 0 Å². The van der Waals surface area contributed by atoms with Crippen LogP contribution in [-0.2, 0) is 9.53 Å². The summed E-state index contributed by atoms with van der Waals surface area (Å²) in [6.45, 7) is -0.855. The molecule has 0 radical (unpaired) electrons. The Balaban J connectivity index is 2.85. The van der Waals surface area contributed by atoms with Crippen LogP contribution in [0, 0.1) is 16.0 Å². The van der Waals surface area contributed by atoms with Gasteiger partial charge >= 0.3 is 5.97 Å². The maximum atomic E-state index is 10.6. The van der Waals surface area contributed by atoms with Crippen LogP contribution in [0.15, 0.2) is 0 Å². The lowest BCUT2D eigenvalue weighted by Gasteiger charge is -2.37. The second kappa shape index (κ2) is 4.70. The van der Waals surface area contributed by atoms with Gasteiger partial charge in [0.05, 0.1) is 5.92 Å². The monoisotopic (exact) mass is 237 g/mol. The predicted molar refractivity (Wildman–Crippen MR) is 45.9 cm³/mol. The summed E-state index contributed by atoms with van der Waals surface area (Å²) in [5, 5.41) is 46.8. The van der Waals surface area contributed by atoms with Crippen molar-refractivity contribution in [3.63, 3.8) is 0 Å². The smallest absolute Gasteiger partial charge is 0.335 e. The minimum Gasteiger partial charge on any atom is -0.479 e. The second-order valence-corrected chi connectivity index (χ2v) is 3.45. The number of ether oxygens (including phenoxy) is 1. The molecule has 0 bridgehead atoms. The van der Waals surface area contributed by atoms with E-state index in [0.717, 1.165) is 0 Å². The molecule has 1 heterocycles. The molecule has 0 aromatic carbocycles. The quantitative estimate of drug-likeness (QED) is 0.308. The topological polar surface area (TPSA) is 150 Å². The highest BCUT2D eigenvalue weighted by atomic mass is 16.6. The standard InChI is InChI=1S/C7H11NO8/c9-3-2(1-8(14)15)4(10)7(13)16-5(3)6(11)12/h2-5,7,9-10,13H,1H2,(H,11,12)/t2?,3?,4?,5?,7-/m0/s1. The van der Waals surface area contributed by atoms with E-state index in [-0.39, 0.29) is 0 Å². The van der Waals surface area contributed by atoms with Gasteiger partial charge in [0, 0.05) is 4.92 Å². The van der Waals surface area contributed by atoms with E-state index < -0.39 is 48.0 Å². The van der Waals surface area contributed by atoms with Crippen LogP contribution in [0.3, 0.4) is 0 Å². The molecule has 16 heavy (non-hydrogen) atoms. The van der Waals surface area contributed by atoms with E-state index in [2.05, 4.69) is 4.74 Å². The summed E-state index contributed by atoms with van der Waals surface area (Å²) in [5.41, 5.74) is 0. The molecule has 0 aromatic heterocycles. The van der Waals surface area contributed by atoms with Crippen molar-refractivity contribution in [3.05, 3.63) is 10.1 Å². The van der Waals surface area contributed by atoms with Crippen LogP contribution in [0.5, 0.6) is 0 Å². The molecule has 5 atom stereocenters. The minimum atomic E-state index is -1.87. The molecule has 1 fully saturated rings. The van der Waals surface area contributed by atoms with Gasteiger partial charge in [-0.25, -0.2) is 4.79 Å². The van der Waals surface area contributed by atoms with Gasteiger partial charge in [0.2, 0.25) is 6.54 Å².